The Bertz CT molecular complexity index is 450. The minimum absolute atomic E-state index is 0.272. The van der Waals surface area contributed by atoms with Gasteiger partial charge in [0.1, 0.15) is 0 Å². The number of aryl methyl sites for hydroxylation is 2. The third-order valence-electron chi connectivity index (χ3n) is 1.83. The Morgan fingerprint density at radius 3 is 2.53 bits per heavy atom. The van der Waals surface area contributed by atoms with Crippen LogP contribution in [0, 0.1) is 6.92 Å². The normalized spacial score (nSPS) is 11.7. The van der Waals surface area contributed by atoms with E-state index in [9.17, 15) is 8.42 Å². The third-order valence-corrected chi connectivity index (χ3v) is 2.96. The summed E-state index contributed by atoms with van der Waals surface area (Å²) >= 11 is 0. The van der Waals surface area contributed by atoms with Gasteiger partial charge in [0.25, 0.3) is 10.2 Å². The summed E-state index contributed by atoms with van der Waals surface area (Å²) in [4.78, 5) is 0. The van der Waals surface area contributed by atoms with Crippen molar-refractivity contribution in [3.63, 3.8) is 0 Å². The first-order valence-corrected chi connectivity index (χ1v) is 5.92. The van der Waals surface area contributed by atoms with Crippen LogP contribution in [0.5, 0.6) is 0 Å². The van der Waals surface area contributed by atoms with Crippen LogP contribution in [0.25, 0.3) is 0 Å². The van der Waals surface area contributed by atoms with Crippen molar-refractivity contribution < 1.29 is 8.42 Å². The number of rotatable bonds is 4. The molecule has 0 aromatic carbocycles. The number of hydrogen-bond donors (Lipinski definition) is 3. The second-order valence-electron chi connectivity index (χ2n) is 3.07. The molecule has 1 aromatic rings. The zero-order valence-corrected chi connectivity index (χ0v) is 9.72. The van der Waals surface area contributed by atoms with Crippen molar-refractivity contribution >= 4 is 21.7 Å². The predicted molar refractivity (Wildman–Crippen MR) is 58.6 cm³/mol. The number of aromatic nitrogens is 2. The minimum Gasteiger partial charge on any atom is -0.394 e. The van der Waals surface area contributed by atoms with Crippen LogP contribution in [0.3, 0.4) is 0 Å². The van der Waals surface area contributed by atoms with E-state index in [1.807, 2.05) is 0 Å². The summed E-state index contributed by atoms with van der Waals surface area (Å²) in [6.07, 6.45) is 0. The fourth-order valence-electron chi connectivity index (χ4n) is 1.15. The fraction of sp³-hybridized carbons (Fsp3) is 0.571. The molecule has 1 aromatic heterocycles. The monoisotopic (exact) mass is 233 g/mol. The van der Waals surface area contributed by atoms with Crippen molar-refractivity contribution in [3.05, 3.63) is 5.69 Å². The van der Waals surface area contributed by atoms with Crippen LogP contribution >= 0.6 is 0 Å². The lowest BCUT2D eigenvalue weighted by Crippen LogP contribution is -2.30. The van der Waals surface area contributed by atoms with Crippen LogP contribution in [0.1, 0.15) is 12.6 Å². The largest absolute Gasteiger partial charge is 0.394 e. The van der Waals surface area contributed by atoms with E-state index in [1.165, 1.54) is 4.68 Å². The molecule has 0 aliphatic rings. The summed E-state index contributed by atoms with van der Waals surface area (Å²) in [5, 5.41) is 3.99. The first-order chi connectivity index (χ1) is 6.87. The number of nitrogens with one attached hydrogen (secondary N) is 2. The molecule has 0 atom stereocenters. The van der Waals surface area contributed by atoms with Crippen molar-refractivity contribution in [1.29, 1.82) is 0 Å². The van der Waals surface area contributed by atoms with Gasteiger partial charge in [-0.05, 0) is 6.92 Å². The Balaban J connectivity index is 2.99. The highest BCUT2D eigenvalue weighted by molar-refractivity contribution is 7.90. The zero-order chi connectivity index (χ0) is 11.6. The van der Waals surface area contributed by atoms with Gasteiger partial charge in [-0.1, -0.05) is 6.92 Å². The van der Waals surface area contributed by atoms with E-state index in [2.05, 4.69) is 14.5 Å². The van der Waals surface area contributed by atoms with Crippen molar-refractivity contribution in [2.24, 2.45) is 7.05 Å². The fourth-order valence-corrected chi connectivity index (χ4v) is 2.10. The standard InChI is InChI=1S/C7H15N5O2S/c1-4-9-15(13,14)11-7-6(8)5(2)10-12(7)3/h9,11H,4,8H2,1-3H3. The van der Waals surface area contributed by atoms with E-state index >= 15 is 0 Å². The molecule has 0 radical (unpaired) electrons. The minimum atomic E-state index is -3.56. The molecule has 1 rings (SSSR count). The number of anilines is 2. The molecule has 0 fully saturated rings. The lowest BCUT2D eigenvalue weighted by Gasteiger charge is -2.08. The van der Waals surface area contributed by atoms with Crippen LogP contribution in [0.4, 0.5) is 11.5 Å². The first-order valence-electron chi connectivity index (χ1n) is 4.44. The van der Waals surface area contributed by atoms with E-state index in [0.29, 0.717) is 17.9 Å². The molecule has 0 spiro atoms. The molecule has 8 heteroatoms. The van der Waals surface area contributed by atoms with Crippen molar-refractivity contribution in [2.75, 3.05) is 17.0 Å². The Morgan fingerprint density at radius 1 is 1.53 bits per heavy atom. The summed E-state index contributed by atoms with van der Waals surface area (Å²) in [6.45, 7) is 3.71. The molecular formula is C7H15N5O2S. The van der Waals surface area contributed by atoms with E-state index < -0.39 is 10.2 Å². The topological polar surface area (TPSA) is 102 Å². The lowest BCUT2D eigenvalue weighted by atomic mass is 10.4. The van der Waals surface area contributed by atoms with Gasteiger partial charge in [0, 0.05) is 13.6 Å². The van der Waals surface area contributed by atoms with Gasteiger partial charge in [-0.25, -0.2) is 4.68 Å². The molecule has 0 saturated carbocycles. The maximum atomic E-state index is 11.4. The Kier molecular flexibility index (Phi) is 3.20. The molecular weight excluding hydrogens is 218 g/mol. The van der Waals surface area contributed by atoms with Gasteiger partial charge >= 0.3 is 0 Å². The number of hydrogen-bond acceptors (Lipinski definition) is 4. The third kappa shape index (κ3) is 2.60. The first kappa shape index (κ1) is 11.8. The molecule has 0 bridgehead atoms. The summed E-state index contributed by atoms with van der Waals surface area (Å²) in [5.41, 5.74) is 6.59. The van der Waals surface area contributed by atoms with Crippen LogP contribution < -0.4 is 15.2 Å². The molecule has 7 nitrogen and oxygen atoms in total. The second kappa shape index (κ2) is 4.07. The van der Waals surface area contributed by atoms with Gasteiger partial charge in [-0.15, -0.1) is 0 Å². The van der Waals surface area contributed by atoms with Crippen LogP contribution in [-0.4, -0.2) is 24.7 Å². The van der Waals surface area contributed by atoms with E-state index in [4.69, 9.17) is 5.73 Å². The molecule has 1 heterocycles. The second-order valence-corrected chi connectivity index (χ2v) is 4.57. The molecule has 15 heavy (non-hydrogen) atoms. The number of nitrogen functional groups attached to an aromatic ring is 1. The Labute approximate surface area is 88.8 Å². The van der Waals surface area contributed by atoms with E-state index in [0.717, 1.165) is 0 Å². The summed E-state index contributed by atoms with van der Waals surface area (Å²) in [5.74, 6) is 0.272. The van der Waals surface area contributed by atoms with Crippen molar-refractivity contribution in [1.82, 2.24) is 14.5 Å². The quantitative estimate of drug-likeness (QED) is 0.657. The summed E-state index contributed by atoms with van der Waals surface area (Å²) in [7, 11) is -1.94. The van der Waals surface area contributed by atoms with Gasteiger partial charge < -0.3 is 5.73 Å². The van der Waals surface area contributed by atoms with E-state index in [1.54, 1.807) is 20.9 Å². The highest BCUT2D eigenvalue weighted by Crippen LogP contribution is 2.21. The molecule has 0 aliphatic heterocycles. The van der Waals surface area contributed by atoms with Crippen molar-refractivity contribution in [2.45, 2.75) is 13.8 Å². The van der Waals surface area contributed by atoms with Gasteiger partial charge in [-0.2, -0.15) is 18.2 Å². The number of nitrogens with zero attached hydrogens (tertiary/aromatic N) is 2. The Morgan fingerprint density at radius 2 is 2.13 bits per heavy atom. The highest BCUT2D eigenvalue weighted by atomic mass is 32.2. The van der Waals surface area contributed by atoms with Gasteiger partial charge in [0.05, 0.1) is 11.4 Å². The smallest absolute Gasteiger partial charge is 0.300 e. The Hall–Kier alpha value is -1.28. The summed E-state index contributed by atoms with van der Waals surface area (Å²) < 4.78 is 28.8. The highest BCUT2D eigenvalue weighted by Gasteiger charge is 2.15. The van der Waals surface area contributed by atoms with Gasteiger partial charge in [0.2, 0.25) is 0 Å². The predicted octanol–water partition coefficient (Wildman–Crippen LogP) is -0.423. The van der Waals surface area contributed by atoms with Crippen molar-refractivity contribution in [3.8, 4) is 0 Å². The summed E-state index contributed by atoms with van der Waals surface area (Å²) in [6, 6.07) is 0. The molecule has 0 aliphatic carbocycles. The molecule has 0 saturated heterocycles. The van der Waals surface area contributed by atoms with Crippen LogP contribution in [-0.2, 0) is 17.3 Å². The van der Waals surface area contributed by atoms with Crippen LogP contribution in [0.15, 0.2) is 0 Å². The SMILES string of the molecule is CCNS(=O)(=O)Nc1c(N)c(C)nn1C. The lowest BCUT2D eigenvalue weighted by molar-refractivity contribution is 0.588. The number of nitrogens with two attached hydrogens (primary N) is 1. The maximum absolute atomic E-state index is 11.4. The average Bonchev–Trinajstić information content (AvgIpc) is 2.32. The van der Waals surface area contributed by atoms with E-state index in [-0.39, 0.29) is 5.82 Å². The molecule has 0 unspecified atom stereocenters. The maximum Gasteiger partial charge on any atom is 0.300 e. The molecule has 86 valence electrons. The van der Waals surface area contributed by atoms with Gasteiger partial charge in [-0.3, -0.25) is 4.72 Å². The van der Waals surface area contributed by atoms with Gasteiger partial charge in [0.15, 0.2) is 5.82 Å². The zero-order valence-electron chi connectivity index (χ0n) is 8.90. The average molecular weight is 233 g/mol. The molecule has 0 amide bonds. The van der Waals surface area contributed by atoms with Crippen LogP contribution in [0.2, 0.25) is 0 Å². The molecule has 4 N–H and O–H groups in total.